The Kier molecular flexibility index (Phi) is 13.4. The van der Waals surface area contributed by atoms with Crippen molar-refractivity contribution in [3.8, 4) is 16.9 Å². The lowest BCUT2D eigenvalue weighted by Gasteiger charge is -2.29. The zero-order valence-electron chi connectivity index (χ0n) is 22.9. The van der Waals surface area contributed by atoms with Crippen LogP contribution in [0, 0.1) is 5.92 Å². The highest BCUT2D eigenvalue weighted by Crippen LogP contribution is 2.38. The van der Waals surface area contributed by atoms with Crippen LogP contribution >= 0.6 is 0 Å². The van der Waals surface area contributed by atoms with Crippen molar-refractivity contribution in [1.29, 1.82) is 0 Å². The van der Waals surface area contributed by atoms with E-state index in [2.05, 4.69) is 62.4 Å². The molecule has 2 aromatic carbocycles. The molecule has 1 fully saturated rings. The average Bonchev–Trinajstić information content (AvgIpc) is 2.91. The van der Waals surface area contributed by atoms with Gasteiger partial charge in [-0.15, -0.1) is 0 Å². The summed E-state index contributed by atoms with van der Waals surface area (Å²) in [6.07, 6.45) is 23.5. The number of hydrogen-bond donors (Lipinski definition) is 0. The number of rotatable bonds is 17. The lowest BCUT2D eigenvalue weighted by molar-refractivity contribution is 0.302. The summed E-state index contributed by atoms with van der Waals surface area (Å²) in [7, 11) is 0. The summed E-state index contributed by atoms with van der Waals surface area (Å²) >= 11 is 0. The fraction of sp³-hybridized carbons (Fsp3) is 0.647. The fourth-order valence-electron chi connectivity index (χ4n) is 5.76. The van der Waals surface area contributed by atoms with Gasteiger partial charge in [-0.2, -0.15) is 0 Å². The molecular formula is C34H52O. The standard InChI is InChI=1S/C34H52O/c1-3-5-7-9-11-13-15-29-16-18-30(19-17-29)31-20-22-32(23-21-31)33-24-26-34(27-25-33)35-28-14-12-10-8-6-4-2/h20-27,29-30H,3-19,28H2,1-2H3. The fourth-order valence-corrected chi connectivity index (χ4v) is 5.76. The van der Waals surface area contributed by atoms with Crippen molar-refractivity contribution in [2.24, 2.45) is 5.92 Å². The molecule has 2 aromatic rings. The minimum absolute atomic E-state index is 0.766. The quantitative estimate of drug-likeness (QED) is 0.206. The molecule has 0 aliphatic heterocycles. The van der Waals surface area contributed by atoms with Gasteiger partial charge in [0.05, 0.1) is 6.61 Å². The Morgan fingerprint density at radius 1 is 0.571 bits per heavy atom. The maximum atomic E-state index is 5.96. The van der Waals surface area contributed by atoms with Crippen molar-refractivity contribution in [2.45, 2.75) is 129 Å². The van der Waals surface area contributed by atoms with Crippen LogP contribution < -0.4 is 4.74 Å². The van der Waals surface area contributed by atoms with Gasteiger partial charge in [-0.1, -0.05) is 127 Å². The van der Waals surface area contributed by atoms with Crippen LogP contribution in [0.2, 0.25) is 0 Å². The molecule has 1 nitrogen and oxygen atoms in total. The van der Waals surface area contributed by atoms with Crippen molar-refractivity contribution in [3.63, 3.8) is 0 Å². The van der Waals surface area contributed by atoms with E-state index >= 15 is 0 Å². The molecule has 0 saturated heterocycles. The smallest absolute Gasteiger partial charge is 0.119 e. The first kappa shape index (κ1) is 27.8. The van der Waals surface area contributed by atoms with Gasteiger partial charge in [-0.05, 0) is 72.8 Å². The largest absolute Gasteiger partial charge is 0.494 e. The monoisotopic (exact) mass is 476 g/mol. The highest BCUT2D eigenvalue weighted by molar-refractivity contribution is 5.64. The van der Waals surface area contributed by atoms with E-state index in [1.54, 1.807) is 5.56 Å². The average molecular weight is 477 g/mol. The third kappa shape index (κ3) is 10.4. The predicted octanol–water partition coefficient (Wildman–Crippen LogP) is 11.1. The van der Waals surface area contributed by atoms with Crippen molar-refractivity contribution in [3.05, 3.63) is 54.1 Å². The van der Waals surface area contributed by atoms with Crippen LogP contribution in [-0.4, -0.2) is 6.61 Å². The summed E-state index contributed by atoms with van der Waals surface area (Å²) in [4.78, 5) is 0. The molecule has 1 saturated carbocycles. The summed E-state index contributed by atoms with van der Waals surface area (Å²) < 4.78 is 5.96. The van der Waals surface area contributed by atoms with E-state index in [4.69, 9.17) is 4.74 Å². The van der Waals surface area contributed by atoms with Gasteiger partial charge in [0.15, 0.2) is 0 Å². The van der Waals surface area contributed by atoms with E-state index < -0.39 is 0 Å². The van der Waals surface area contributed by atoms with E-state index in [9.17, 15) is 0 Å². The molecule has 0 heterocycles. The van der Waals surface area contributed by atoms with Crippen LogP contribution in [0.25, 0.3) is 11.1 Å². The van der Waals surface area contributed by atoms with Gasteiger partial charge in [-0.3, -0.25) is 0 Å². The molecule has 0 N–H and O–H groups in total. The summed E-state index contributed by atoms with van der Waals surface area (Å²) in [6.45, 7) is 5.41. The Labute approximate surface area is 217 Å². The molecule has 0 amide bonds. The summed E-state index contributed by atoms with van der Waals surface area (Å²) in [6, 6.07) is 18.1. The van der Waals surface area contributed by atoms with Crippen molar-refractivity contribution < 1.29 is 4.74 Å². The molecule has 1 heteroatoms. The van der Waals surface area contributed by atoms with E-state index in [0.717, 1.165) is 30.6 Å². The highest BCUT2D eigenvalue weighted by Gasteiger charge is 2.22. The third-order valence-corrected chi connectivity index (χ3v) is 8.15. The van der Waals surface area contributed by atoms with Crippen LogP contribution in [0.1, 0.15) is 134 Å². The molecule has 1 aliphatic rings. The lowest BCUT2D eigenvalue weighted by Crippen LogP contribution is -2.13. The van der Waals surface area contributed by atoms with Gasteiger partial charge >= 0.3 is 0 Å². The molecule has 0 aromatic heterocycles. The minimum atomic E-state index is 0.766. The third-order valence-electron chi connectivity index (χ3n) is 8.15. The van der Waals surface area contributed by atoms with Gasteiger partial charge in [0.25, 0.3) is 0 Å². The van der Waals surface area contributed by atoms with Crippen molar-refractivity contribution in [2.75, 3.05) is 6.61 Å². The number of ether oxygens (including phenoxy) is 1. The van der Waals surface area contributed by atoms with E-state index in [0.29, 0.717) is 0 Å². The second-order valence-corrected chi connectivity index (χ2v) is 11.0. The van der Waals surface area contributed by atoms with Gasteiger partial charge in [0.1, 0.15) is 5.75 Å². The molecule has 0 bridgehead atoms. The van der Waals surface area contributed by atoms with E-state index in [-0.39, 0.29) is 0 Å². The number of unbranched alkanes of at least 4 members (excludes halogenated alkanes) is 10. The van der Waals surface area contributed by atoms with Crippen LogP contribution in [0.4, 0.5) is 0 Å². The summed E-state index contributed by atoms with van der Waals surface area (Å²) in [5.41, 5.74) is 4.14. The highest BCUT2D eigenvalue weighted by atomic mass is 16.5. The van der Waals surface area contributed by atoms with Crippen molar-refractivity contribution >= 4 is 0 Å². The van der Waals surface area contributed by atoms with E-state index in [1.165, 1.54) is 114 Å². The predicted molar refractivity (Wildman–Crippen MR) is 153 cm³/mol. The van der Waals surface area contributed by atoms with Crippen molar-refractivity contribution in [1.82, 2.24) is 0 Å². The van der Waals surface area contributed by atoms with Gasteiger partial charge < -0.3 is 4.74 Å². The van der Waals surface area contributed by atoms with E-state index in [1.807, 2.05) is 0 Å². The lowest BCUT2D eigenvalue weighted by atomic mass is 9.77. The molecule has 0 spiro atoms. The Morgan fingerprint density at radius 2 is 1.09 bits per heavy atom. The maximum absolute atomic E-state index is 5.96. The zero-order valence-corrected chi connectivity index (χ0v) is 22.9. The Morgan fingerprint density at radius 3 is 1.69 bits per heavy atom. The first-order chi connectivity index (χ1) is 17.3. The molecule has 0 radical (unpaired) electrons. The number of hydrogen-bond acceptors (Lipinski definition) is 1. The second kappa shape index (κ2) is 16.8. The molecule has 1 aliphatic carbocycles. The van der Waals surface area contributed by atoms with Gasteiger partial charge in [-0.25, -0.2) is 0 Å². The molecule has 194 valence electrons. The Hall–Kier alpha value is -1.76. The molecule has 0 atom stereocenters. The second-order valence-electron chi connectivity index (χ2n) is 11.0. The SMILES string of the molecule is CCCCCCCCOc1ccc(-c2ccc(C3CCC(CCCCCCCC)CC3)cc2)cc1. The van der Waals surface area contributed by atoms with Gasteiger partial charge in [0, 0.05) is 0 Å². The first-order valence-electron chi connectivity index (χ1n) is 15.1. The minimum Gasteiger partial charge on any atom is -0.494 e. The Bertz CT molecular complexity index is 767. The zero-order chi connectivity index (χ0) is 24.6. The summed E-state index contributed by atoms with van der Waals surface area (Å²) in [5, 5.41) is 0. The van der Waals surface area contributed by atoms with Crippen LogP contribution in [0.3, 0.4) is 0 Å². The van der Waals surface area contributed by atoms with Crippen LogP contribution in [0.15, 0.2) is 48.5 Å². The first-order valence-corrected chi connectivity index (χ1v) is 15.1. The Balaban J connectivity index is 1.35. The molecule has 35 heavy (non-hydrogen) atoms. The van der Waals surface area contributed by atoms with Crippen LogP contribution in [0.5, 0.6) is 5.75 Å². The maximum Gasteiger partial charge on any atom is 0.119 e. The number of benzene rings is 2. The topological polar surface area (TPSA) is 9.23 Å². The molecule has 3 rings (SSSR count). The summed E-state index contributed by atoms with van der Waals surface area (Å²) in [5.74, 6) is 2.75. The molecular weight excluding hydrogens is 424 g/mol. The van der Waals surface area contributed by atoms with Gasteiger partial charge in [0.2, 0.25) is 0 Å². The van der Waals surface area contributed by atoms with Crippen LogP contribution in [-0.2, 0) is 0 Å². The molecule has 0 unspecified atom stereocenters. The normalized spacial score (nSPS) is 18.0.